The second-order valence-electron chi connectivity index (χ2n) is 30.8. The molecule has 9 heteroatoms. The predicted octanol–water partition coefficient (Wildman–Crippen LogP) is 20.7. The molecule has 0 amide bonds. The van der Waals surface area contributed by atoms with Crippen LogP contribution in [0.25, 0.3) is 66.8 Å². The minimum atomic E-state index is 0.849. The lowest BCUT2D eigenvalue weighted by Crippen LogP contribution is -2.26. The summed E-state index contributed by atoms with van der Waals surface area (Å²) in [5.41, 5.74) is 60.1. The molecule has 9 aromatic carbocycles. The van der Waals surface area contributed by atoms with Crippen LogP contribution in [0.2, 0.25) is 0 Å². The summed E-state index contributed by atoms with van der Waals surface area (Å²) in [6.07, 6.45) is 27.2. The number of fused-ring (bicyclic) bond motifs is 30. The summed E-state index contributed by atoms with van der Waals surface area (Å²) >= 11 is 0. The molecule has 0 unspecified atom stereocenters. The molecule has 0 bridgehead atoms. The van der Waals surface area contributed by atoms with Gasteiger partial charge in [-0.05, 0) is 302 Å². The number of benzene rings is 9. The van der Waals surface area contributed by atoms with Gasteiger partial charge < -0.3 is 9.80 Å². The van der Waals surface area contributed by atoms with Crippen LogP contribution in [0.1, 0.15) is 134 Å². The van der Waals surface area contributed by atoms with Crippen LogP contribution in [-0.2, 0) is 77.0 Å². The Morgan fingerprint density at radius 2 is 0.543 bits per heavy atom. The van der Waals surface area contributed by atoms with E-state index in [0.717, 1.165) is 94.3 Å². The average Bonchev–Trinajstić information content (AvgIpc) is 1.67. The number of anilines is 9. The first-order valence-corrected chi connectivity index (χ1v) is 37.3. The Morgan fingerprint density at radius 3 is 1.04 bits per heavy atom. The van der Waals surface area contributed by atoms with Crippen molar-refractivity contribution in [1.82, 2.24) is 29.9 Å². The second kappa shape index (κ2) is 21.0. The third-order valence-electron chi connectivity index (χ3n) is 25.2. The minimum Gasteiger partial charge on any atom is -0.308 e. The van der Waals surface area contributed by atoms with Crippen LogP contribution in [0.15, 0.2) is 238 Å². The molecule has 0 radical (unpaired) electrons. The lowest BCUT2D eigenvalue weighted by Gasteiger charge is -2.38. The standard InChI is InChI=1S/3C32H21N3/c1-2-6-25-18(4-1)10-21-12-22-13-23-16-30-24(14-26(23)28(22)17-27(21)25)11-19-7-9-33-29-15-20-5-3-8-34-32(20)35(30)31(19)29;1-2-4-25-18(3-1)9-20-11-21-12-22-15-31-23(13-26(22)28(21)16-27(20)25)10-19-5-8-34-29-14-24-17-33-7-6-30(24)35(31)32(19)29;1-2-4-25-18(3-1)9-21-11-22-12-23-15-30-24(13-26(23)28(22)16-27(21)25)10-20-6-8-34-29-14-19-5-7-33-17-31(19)35(30)32(20)29/h1-9,12,14,16-17H,10-11,13,15H2;2*1-8,11,13,15-17H,9-10,12,14H2. The monoisotopic (exact) mass is 1340 g/mol. The van der Waals surface area contributed by atoms with Crippen molar-refractivity contribution < 1.29 is 0 Å². The first-order valence-electron chi connectivity index (χ1n) is 37.3. The zero-order valence-corrected chi connectivity index (χ0v) is 57.5. The van der Waals surface area contributed by atoms with Crippen molar-refractivity contribution in [2.75, 3.05) is 14.7 Å². The Morgan fingerprint density at radius 1 is 0.190 bits per heavy atom. The number of hydrogen-bond donors (Lipinski definition) is 0. The summed E-state index contributed by atoms with van der Waals surface area (Å²) in [5, 5.41) is 0. The molecule has 12 heterocycles. The summed E-state index contributed by atoms with van der Waals surface area (Å²) < 4.78 is 0. The Hall–Kier alpha value is -12.7. The van der Waals surface area contributed by atoms with Gasteiger partial charge in [0.15, 0.2) is 0 Å². The van der Waals surface area contributed by atoms with Crippen LogP contribution >= 0.6 is 0 Å². The smallest absolute Gasteiger partial charge is 0.141 e. The van der Waals surface area contributed by atoms with E-state index >= 15 is 0 Å². The number of rotatable bonds is 0. The molecule has 0 saturated carbocycles. The van der Waals surface area contributed by atoms with Crippen LogP contribution < -0.4 is 14.7 Å². The van der Waals surface area contributed by atoms with Crippen LogP contribution in [-0.4, -0.2) is 29.9 Å². The maximum Gasteiger partial charge on any atom is 0.141 e. The Balaban J connectivity index is 0.0000000914. The van der Waals surface area contributed by atoms with Gasteiger partial charge in [-0.25, -0.2) is 4.98 Å². The number of pyridine rings is 6. The molecule has 9 nitrogen and oxygen atoms in total. The van der Waals surface area contributed by atoms with E-state index < -0.39 is 0 Å². The van der Waals surface area contributed by atoms with Crippen molar-refractivity contribution in [1.29, 1.82) is 0 Å². The van der Waals surface area contributed by atoms with Gasteiger partial charge in [0.2, 0.25) is 0 Å². The molecule has 0 N–H and O–H groups in total. The highest BCUT2D eigenvalue weighted by Gasteiger charge is 2.40. The number of nitrogens with zero attached hydrogens (tertiary/aromatic N) is 9. The van der Waals surface area contributed by atoms with Crippen molar-refractivity contribution in [3.63, 3.8) is 0 Å². The van der Waals surface area contributed by atoms with Gasteiger partial charge in [-0.3, -0.25) is 29.8 Å². The third-order valence-corrected chi connectivity index (χ3v) is 25.2. The maximum absolute atomic E-state index is 4.84. The molecule has 6 aromatic heterocycles. The van der Waals surface area contributed by atoms with E-state index in [4.69, 9.17) is 19.9 Å². The zero-order valence-electron chi connectivity index (χ0n) is 57.5. The SMILES string of the molecule is c1ccc2c(c1)Cc1cc3c(cc1-2)-c1cc2c(cc1C3)N1c3ccncc3Cc3nccc(c31)C2.c1ccc2c(c1)Cc1cc3c(cc1-2)-c1cc2c(cc1C3)N1c3cnccc3Cc3nccc(c31)C2.c1ccc2c(c1)Cc1cc3c(cc1-2)-c1cc2c(cc1C3)N1c3ncccc3Cc3nccc(c31)C2. The molecule has 27 rings (SSSR count). The van der Waals surface area contributed by atoms with Gasteiger partial charge in [0.05, 0.1) is 68.8 Å². The lowest BCUT2D eigenvalue weighted by molar-refractivity contribution is 0.938. The van der Waals surface area contributed by atoms with Gasteiger partial charge in [0.1, 0.15) is 5.82 Å². The first-order chi connectivity index (χ1) is 51.9. The van der Waals surface area contributed by atoms with Crippen molar-refractivity contribution in [2.24, 2.45) is 0 Å². The molecule has 15 aromatic rings. The van der Waals surface area contributed by atoms with Crippen LogP contribution in [0.3, 0.4) is 0 Å². The minimum absolute atomic E-state index is 0.849. The van der Waals surface area contributed by atoms with Crippen LogP contribution in [0.4, 0.5) is 51.3 Å². The van der Waals surface area contributed by atoms with E-state index in [1.807, 2.05) is 55.6 Å². The van der Waals surface area contributed by atoms with Crippen LogP contribution in [0.5, 0.6) is 0 Å². The van der Waals surface area contributed by atoms with Gasteiger partial charge in [0.25, 0.3) is 0 Å². The summed E-state index contributed by atoms with van der Waals surface area (Å²) in [4.78, 5) is 35.3. The van der Waals surface area contributed by atoms with Gasteiger partial charge in [-0.2, -0.15) is 0 Å². The fourth-order valence-electron chi connectivity index (χ4n) is 20.6. The van der Waals surface area contributed by atoms with Gasteiger partial charge in [-0.1, -0.05) is 97.1 Å². The van der Waals surface area contributed by atoms with Crippen molar-refractivity contribution >= 4 is 51.3 Å². The highest BCUT2D eigenvalue weighted by atomic mass is 15.2. The number of hydrogen-bond acceptors (Lipinski definition) is 9. The summed E-state index contributed by atoms with van der Waals surface area (Å²) in [7, 11) is 0. The second-order valence-corrected chi connectivity index (χ2v) is 30.8. The Kier molecular flexibility index (Phi) is 11.4. The normalized spacial score (nSPS) is 14.9. The molecule has 105 heavy (non-hydrogen) atoms. The third kappa shape index (κ3) is 8.12. The molecule has 12 aliphatic rings. The molecule has 0 fully saturated rings. The fourth-order valence-corrected chi connectivity index (χ4v) is 20.6. The molecule has 492 valence electrons. The molecule has 0 atom stereocenters. The topological polar surface area (TPSA) is 87.1 Å². The molecular formula is C96H63N9. The fraction of sp³-hybridized carbons (Fsp3) is 0.125. The van der Waals surface area contributed by atoms with Gasteiger partial charge >= 0.3 is 0 Å². The van der Waals surface area contributed by atoms with Crippen molar-refractivity contribution in [3.8, 4) is 66.8 Å². The maximum atomic E-state index is 4.84. The molecule has 0 spiro atoms. The van der Waals surface area contributed by atoms with E-state index in [-0.39, 0.29) is 0 Å². The van der Waals surface area contributed by atoms with E-state index in [2.05, 4.69) is 207 Å². The molecule has 0 saturated heterocycles. The predicted molar refractivity (Wildman–Crippen MR) is 416 cm³/mol. The van der Waals surface area contributed by atoms with Crippen LogP contribution in [0, 0.1) is 0 Å². The lowest BCUT2D eigenvalue weighted by atomic mass is 9.87. The largest absolute Gasteiger partial charge is 0.308 e. The van der Waals surface area contributed by atoms with E-state index in [1.54, 1.807) is 0 Å². The van der Waals surface area contributed by atoms with E-state index in [0.29, 0.717) is 0 Å². The summed E-state index contributed by atoms with van der Waals surface area (Å²) in [6.45, 7) is 0. The highest BCUT2D eigenvalue weighted by molar-refractivity contribution is 5.97. The first kappa shape index (κ1) is 56.9. The van der Waals surface area contributed by atoms with E-state index in [1.165, 1.54) is 235 Å². The molecular weight excluding hydrogens is 1280 g/mol. The quantitative estimate of drug-likeness (QED) is 0.147. The van der Waals surface area contributed by atoms with E-state index in [9.17, 15) is 0 Å². The summed E-state index contributed by atoms with van der Waals surface area (Å²) in [5.74, 6) is 1.06. The van der Waals surface area contributed by atoms with Crippen molar-refractivity contribution in [2.45, 2.75) is 77.0 Å². The zero-order chi connectivity index (χ0) is 68.0. The average molecular weight is 1340 g/mol. The Labute approximate surface area is 607 Å². The van der Waals surface area contributed by atoms with Crippen molar-refractivity contribution in [3.05, 3.63) is 372 Å². The number of aromatic nitrogens is 6. The van der Waals surface area contributed by atoms with Gasteiger partial charge in [0, 0.05) is 93.0 Å². The Bertz CT molecular complexity index is 5910. The molecule has 6 aliphatic heterocycles. The summed E-state index contributed by atoms with van der Waals surface area (Å²) in [6, 6.07) is 71.3. The molecule has 6 aliphatic carbocycles. The van der Waals surface area contributed by atoms with Gasteiger partial charge in [-0.15, -0.1) is 0 Å². The highest BCUT2D eigenvalue weighted by Crippen LogP contribution is 2.58.